The predicted octanol–water partition coefficient (Wildman–Crippen LogP) is 2.38. The van der Waals surface area contributed by atoms with Crippen LogP contribution in [0.1, 0.15) is 20.8 Å². The highest BCUT2D eigenvalue weighted by Gasteiger charge is 2.65. The van der Waals surface area contributed by atoms with Gasteiger partial charge in [0, 0.05) is 5.69 Å². The van der Waals surface area contributed by atoms with E-state index >= 15 is 0 Å². The van der Waals surface area contributed by atoms with Crippen molar-refractivity contribution in [2.24, 2.45) is 17.3 Å². The van der Waals surface area contributed by atoms with E-state index < -0.39 is 23.2 Å². The highest BCUT2D eigenvalue weighted by Crippen LogP contribution is 2.58. The monoisotopic (exact) mass is 277 g/mol. The minimum absolute atomic E-state index is 0.244. The third kappa shape index (κ3) is 2.61. The lowest BCUT2D eigenvalue weighted by Crippen LogP contribution is -2.17. The standard InChI is InChI=1S/C15H19NO4/c1-4-20-10-7-5-9(6-8-10)16-13(17)11-12(14(18)19)15(11,2)3/h5-8,11-12H,4H2,1-3H3,(H,16,17)(H,18,19). The Hall–Kier alpha value is -2.04. The van der Waals surface area contributed by atoms with Gasteiger partial charge in [0.15, 0.2) is 0 Å². The van der Waals surface area contributed by atoms with Crippen LogP contribution in [0.4, 0.5) is 5.69 Å². The van der Waals surface area contributed by atoms with Crippen LogP contribution >= 0.6 is 0 Å². The van der Waals surface area contributed by atoms with Gasteiger partial charge in [-0.25, -0.2) is 0 Å². The molecule has 0 bridgehead atoms. The van der Waals surface area contributed by atoms with Crippen molar-refractivity contribution < 1.29 is 19.4 Å². The van der Waals surface area contributed by atoms with E-state index in [2.05, 4.69) is 5.32 Å². The summed E-state index contributed by atoms with van der Waals surface area (Å²) in [4.78, 5) is 23.2. The first-order valence-electron chi connectivity index (χ1n) is 6.64. The van der Waals surface area contributed by atoms with Gasteiger partial charge in [0.1, 0.15) is 5.75 Å². The van der Waals surface area contributed by atoms with Gasteiger partial charge in [-0.3, -0.25) is 9.59 Å². The Morgan fingerprint density at radius 3 is 2.30 bits per heavy atom. The van der Waals surface area contributed by atoms with Crippen molar-refractivity contribution >= 4 is 17.6 Å². The fraction of sp³-hybridized carbons (Fsp3) is 0.467. The van der Waals surface area contributed by atoms with Crippen LogP contribution in [0.2, 0.25) is 0 Å². The SMILES string of the molecule is CCOc1ccc(NC(=O)C2C(C(=O)O)C2(C)C)cc1. The first kappa shape index (κ1) is 14.4. The van der Waals surface area contributed by atoms with Crippen LogP contribution in [0.15, 0.2) is 24.3 Å². The second-order valence-corrected chi connectivity index (χ2v) is 5.56. The van der Waals surface area contributed by atoms with Crippen molar-refractivity contribution in [3.8, 4) is 5.75 Å². The van der Waals surface area contributed by atoms with Gasteiger partial charge in [0.25, 0.3) is 0 Å². The van der Waals surface area contributed by atoms with E-state index in [1.807, 2.05) is 6.92 Å². The smallest absolute Gasteiger partial charge is 0.307 e. The first-order chi connectivity index (χ1) is 9.37. The number of nitrogens with one attached hydrogen (secondary N) is 1. The third-order valence-electron chi connectivity index (χ3n) is 3.81. The first-order valence-corrected chi connectivity index (χ1v) is 6.64. The molecular weight excluding hydrogens is 258 g/mol. The molecule has 0 spiro atoms. The number of carbonyl (C=O) groups excluding carboxylic acids is 1. The van der Waals surface area contributed by atoms with Gasteiger partial charge in [0.2, 0.25) is 5.91 Å². The number of aliphatic carboxylic acids is 1. The molecule has 0 saturated heterocycles. The normalized spacial score (nSPS) is 22.9. The Morgan fingerprint density at radius 2 is 1.85 bits per heavy atom. The van der Waals surface area contributed by atoms with Crippen molar-refractivity contribution in [3.05, 3.63) is 24.3 Å². The number of anilines is 1. The molecule has 2 rings (SSSR count). The summed E-state index contributed by atoms with van der Waals surface area (Å²) in [5, 5.41) is 11.8. The van der Waals surface area contributed by atoms with E-state index in [9.17, 15) is 9.59 Å². The maximum absolute atomic E-state index is 12.1. The molecule has 0 aliphatic heterocycles. The highest BCUT2D eigenvalue weighted by molar-refractivity contribution is 5.99. The van der Waals surface area contributed by atoms with Gasteiger partial charge in [-0.2, -0.15) is 0 Å². The lowest BCUT2D eigenvalue weighted by Gasteiger charge is -2.07. The summed E-state index contributed by atoms with van der Waals surface area (Å²) in [6.45, 7) is 6.08. The second kappa shape index (κ2) is 5.15. The van der Waals surface area contributed by atoms with Gasteiger partial charge in [0.05, 0.1) is 18.4 Å². The lowest BCUT2D eigenvalue weighted by atomic mass is 10.1. The zero-order valence-corrected chi connectivity index (χ0v) is 11.8. The lowest BCUT2D eigenvalue weighted by molar-refractivity contribution is -0.140. The fourth-order valence-electron chi connectivity index (χ4n) is 2.61. The van der Waals surface area contributed by atoms with Crippen molar-refractivity contribution in [2.75, 3.05) is 11.9 Å². The molecule has 1 amide bonds. The Balaban J connectivity index is 2.00. The quantitative estimate of drug-likeness (QED) is 0.866. The van der Waals surface area contributed by atoms with Crippen LogP contribution in [0.25, 0.3) is 0 Å². The zero-order valence-electron chi connectivity index (χ0n) is 11.8. The molecule has 2 N–H and O–H groups in total. The van der Waals surface area contributed by atoms with E-state index in [1.165, 1.54) is 0 Å². The Kier molecular flexibility index (Phi) is 3.70. The van der Waals surface area contributed by atoms with E-state index in [4.69, 9.17) is 9.84 Å². The number of carbonyl (C=O) groups is 2. The average Bonchev–Trinajstić information content (AvgIpc) is 2.95. The van der Waals surface area contributed by atoms with Gasteiger partial charge >= 0.3 is 5.97 Å². The second-order valence-electron chi connectivity index (χ2n) is 5.56. The fourth-order valence-corrected chi connectivity index (χ4v) is 2.61. The average molecular weight is 277 g/mol. The molecule has 20 heavy (non-hydrogen) atoms. The largest absolute Gasteiger partial charge is 0.494 e. The van der Waals surface area contributed by atoms with Crippen LogP contribution in [0.3, 0.4) is 0 Å². The summed E-state index contributed by atoms with van der Waals surface area (Å²) in [7, 11) is 0. The maximum atomic E-state index is 12.1. The van der Waals surface area contributed by atoms with Crippen LogP contribution in [-0.4, -0.2) is 23.6 Å². The summed E-state index contributed by atoms with van der Waals surface area (Å²) in [6.07, 6.45) is 0. The minimum Gasteiger partial charge on any atom is -0.494 e. The van der Waals surface area contributed by atoms with Gasteiger partial charge < -0.3 is 15.2 Å². The molecule has 1 aliphatic carbocycles. The molecule has 1 aromatic carbocycles. The predicted molar refractivity (Wildman–Crippen MR) is 74.6 cm³/mol. The Morgan fingerprint density at radius 1 is 1.25 bits per heavy atom. The number of benzene rings is 1. The molecule has 1 aliphatic rings. The van der Waals surface area contributed by atoms with Gasteiger partial charge in [-0.1, -0.05) is 13.8 Å². The highest BCUT2D eigenvalue weighted by atomic mass is 16.5. The van der Waals surface area contributed by atoms with E-state index in [-0.39, 0.29) is 5.91 Å². The van der Waals surface area contributed by atoms with Crippen LogP contribution in [0, 0.1) is 17.3 Å². The number of carboxylic acid groups (broad SMARTS) is 1. The molecule has 1 aromatic rings. The summed E-state index contributed by atoms with van der Waals surface area (Å²) in [5.41, 5.74) is 0.159. The van der Waals surface area contributed by atoms with Crippen LogP contribution in [-0.2, 0) is 9.59 Å². The minimum atomic E-state index is -0.915. The molecule has 108 valence electrons. The van der Waals surface area contributed by atoms with Gasteiger partial charge in [-0.05, 0) is 36.6 Å². The zero-order chi connectivity index (χ0) is 14.9. The molecule has 1 fully saturated rings. The molecule has 2 unspecified atom stereocenters. The maximum Gasteiger partial charge on any atom is 0.307 e. The summed E-state index contributed by atoms with van der Waals surface area (Å²) < 4.78 is 5.32. The van der Waals surface area contributed by atoms with Crippen molar-refractivity contribution in [2.45, 2.75) is 20.8 Å². The number of rotatable bonds is 5. The number of amides is 1. The summed E-state index contributed by atoms with van der Waals surface area (Å²) >= 11 is 0. The van der Waals surface area contributed by atoms with Crippen molar-refractivity contribution in [1.82, 2.24) is 0 Å². The van der Waals surface area contributed by atoms with Gasteiger partial charge in [-0.15, -0.1) is 0 Å². The summed E-state index contributed by atoms with van der Waals surface area (Å²) in [6, 6.07) is 7.03. The van der Waals surface area contributed by atoms with Crippen LogP contribution < -0.4 is 10.1 Å². The van der Waals surface area contributed by atoms with Crippen molar-refractivity contribution in [1.29, 1.82) is 0 Å². The molecule has 2 atom stereocenters. The molecule has 5 nitrogen and oxygen atoms in total. The molecule has 5 heteroatoms. The van der Waals surface area contributed by atoms with E-state index in [1.54, 1.807) is 38.1 Å². The van der Waals surface area contributed by atoms with E-state index in [0.717, 1.165) is 5.75 Å². The molecular formula is C15H19NO4. The summed E-state index contributed by atoms with van der Waals surface area (Å²) in [5.74, 6) is -1.51. The van der Waals surface area contributed by atoms with E-state index in [0.29, 0.717) is 12.3 Å². The molecule has 0 radical (unpaired) electrons. The Bertz CT molecular complexity index is 521. The number of hydrogen-bond acceptors (Lipinski definition) is 3. The molecule has 0 aromatic heterocycles. The van der Waals surface area contributed by atoms with Crippen LogP contribution in [0.5, 0.6) is 5.75 Å². The molecule has 0 heterocycles. The third-order valence-corrected chi connectivity index (χ3v) is 3.81. The Labute approximate surface area is 117 Å². The molecule has 1 saturated carbocycles. The topological polar surface area (TPSA) is 75.6 Å². The van der Waals surface area contributed by atoms with Crippen molar-refractivity contribution in [3.63, 3.8) is 0 Å². The number of ether oxygens (including phenoxy) is 1. The number of carboxylic acids is 1. The number of hydrogen-bond donors (Lipinski definition) is 2.